The predicted molar refractivity (Wildman–Crippen MR) is 113 cm³/mol. The lowest BCUT2D eigenvalue weighted by atomic mass is 10.1. The third-order valence-electron chi connectivity index (χ3n) is 5.71. The lowest BCUT2D eigenvalue weighted by Crippen LogP contribution is -2.48. The number of pyridine rings is 1. The minimum absolute atomic E-state index is 0.0930. The quantitative estimate of drug-likeness (QED) is 0.553. The van der Waals surface area contributed by atoms with E-state index in [1.807, 2.05) is 11.8 Å². The normalized spacial score (nSPS) is 17.3. The Bertz CT molecular complexity index is 1260. The van der Waals surface area contributed by atoms with Crippen LogP contribution in [0.1, 0.15) is 22.5 Å². The molecule has 0 radical (unpaired) electrons. The Morgan fingerprint density at radius 2 is 2.09 bits per heavy atom. The number of halogens is 3. The minimum Gasteiger partial charge on any atom is -0.366 e. The number of aromatic nitrogens is 4. The summed E-state index contributed by atoms with van der Waals surface area (Å²) in [5, 5.41) is 5.30. The van der Waals surface area contributed by atoms with E-state index in [4.69, 9.17) is 0 Å². The molecule has 172 valence electrons. The van der Waals surface area contributed by atoms with Gasteiger partial charge in [-0.05, 0) is 31.0 Å². The summed E-state index contributed by atoms with van der Waals surface area (Å²) in [6, 6.07) is 2.20. The SMILES string of the molecule is Cc1c[nH]c2nc(NC(=O)N3c4nc(C(=O)NCC(F)(F)F)ccc4N4CC[C@H]3C4)ncc12. The third-order valence-corrected chi connectivity index (χ3v) is 5.71. The van der Waals surface area contributed by atoms with Gasteiger partial charge in [-0.15, -0.1) is 0 Å². The monoisotopic (exact) mass is 460 g/mol. The van der Waals surface area contributed by atoms with Gasteiger partial charge < -0.3 is 15.2 Å². The number of H-pyrrole nitrogens is 1. The van der Waals surface area contributed by atoms with E-state index < -0.39 is 24.7 Å². The highest BCUT2D eigenvalue weighted by molar-refractivity contribution is 6.05. The number of hydrogen-bond acceptors (Lipinski definition) is 6. The molecule has 1 saturated heterocycles. The number of carbonyl (C=O) groups excluding carboxylic acids is 2. The Morgan fingerprint density at radius 1 is 1.27 bits per heavy atom. The van der Waals surface area contributed by atoms with Crippen molar-refractivity contribution in [2.24, 2.45) is 0 Å². The zero-order valence-corrected chi connectivity index (χ0v) is 17.4. The molecular weight excluding hydrogens is 441 g/mol. The first kappa shape index (κ1) is 21.0. The van der Waals surface area contributed by atoms with Crippen LogP contribution in [0.3, 0.4) is 0 Å². The van der Waals surface area contributed by atoms with Gasteiger partial charge in [-0.3, -0.25) is 15.0 Å². The Hall–Kier alpha value is -3.90. The number of rotatable bonds is 3. The molecule has 2 aliphatic heterocycles. The van der Waals surface area contributed by atoms with E-state index in [2.05, 4.69) is 25.3 Å². The second-order valence-electron chi connectivity index (χ2n) is 7.95. The van der Waals surface area contributed by atoms with Gasteiger partial charge in [-0.1, -0.05) is 0 Å². The number of nitrogens with zero attached hydrogens (tertiary/aromatic N) is 5. The fourth-order valence-corrected chi connectivity index (χ4v) is 4.12. The Morgan fingerprint density at radius 3 is 2.88 bits per heavy atom. The predicted octanol–water partition coefficient (Wildman–Crippen LogP) is 2.58. The van der Waals surface area contributed by atoms with Crippen molar-refractivity contribution in [2.45, 2.75) is 25.6 Å². The number of alkyl halides is 3. The van der Waals surface area contributed by atoms with E-state index in [-0.39, 0.29) is 23.5 Å². The van der Waals surface area contributed by atoms with Crippen LogP contribution in [0.5, 0.6) is 0 Å². The summed E-state index contributed by atoms with van der Waals surface area (Å²) in [6.45, 7) is 1.71. The van der Waals surface area contributed by atoms with Crippen molar-refractivity contribution in [3.05, 3.63) is 35.8 Å². The molecule has 3 aromatic heterocycles. The van der Waals surface area contributed by atoms with Gasteiger partial charge in [0.05, 0.1) is 11.7 Å². The first-order valence-corrected chi connectivity index (χ1v) is 10.2. The molecule has 0 aliphatic carbocycles. The maximum Gasteiger partial charge on any atom is 0.405 e. The number of amides is 3. The highest BCUT2D eigenvalue weighted by Gasteiger charge is 2.41. The van der Waals surface area contributed by atoms with Crippen molar-refractivity contribution < 1.29 is 22.8 Å². The molecule has 0 saturated carbocycles. The van der Waals surface area contributed by atoms with Crippen LogP contribution < -0.4 is 20.4 Å². The lowest BCUT2D eigenvalue weighted by Gasteiger charge is -2.35. The summed E-state index contributed by atoms with van der Waals surface area (Å²) in [4.78, 5) is 44.6. The summed E-state index contributed by atoms with van der Waals surface area (Å²) in [7, 11) is 0. The van der Waals surface area contributed by atoms with Crippen molar-refractivity contribution in [3.8, 4) is 0 Å². The van der Waals surface area contributed by atoms with Crippen molar-refractivity contribution >= 4 is 40.4 Å². The van der Waals surface area contributed by atoms with Gasteiger partial charge in [0.2, 0.25) is 5.95 Å². The summed E-state index contributed by atoms with van der Waals surface area (Å²) in [5.41, 5.74) is 1.96. The fraction of sp³-hybridized carbons (Fsp3) is 0.350. The van der Waals surface area contributed by atoms with Gasteiger partial charge in [-0.25, -0.2) is 14.8 Å². The van der Waals surface area contributed by atoms with Crippen molar-refractivity contribution in [1.82, 2.24) is 25.3 Å². The van der Waals surface area contributed by atoms with Gasteiger partial charge in [0.15, 0.2) is 5.82 Å². The van der Waals surface area contributed by atoms with E-state index in [1.54, 1.807) is 23.8 Å². The molecule has 33 heavy (non-hydrogen) atoms. The van der Waals surface area contributed by atoms with Crippen LogP contribution in [0.2, 0.25) is 0 Å². The number of hydrogen-bond donors (Lipinski definition) is 3. The Kier molecular flexibility index (Phi) is 4.83. The average molecular weight is 460 g/mol. The highest BCUT2D eigenvalue weighted by atomic mass is 19.4. The summed E-state index contributed by atoms with van der Waals surface area (Å²) >= 11 is 0. The first-order chi connectivity index (χ1) is 15.7. The molecular formula is C20H19F3N8O2. The van der Waals surface area contributed by atoms with E-state index in [0.29, 0.717) is 30.8 Å². The minimum atomic E-state index is -4.54. The van der Waals surface area contributed by atoms with Crippen molar-refractivity contribution in [1.29, 1.82) is 0 Å². The number of anilines is 3. The second kappa shape index (κ2) is 7.60. The van der Waals surface area contributed by atoms with Crippen LogP contribution in [0.25, 0.3) is 11.0 Å². The zero-order chi connectivity index (χ0) is 23.3. The Labute approximate surface area is 185 Å². The van der Waals surface area contributed by atoms with Crippen LogP contribution in [-0.4, -0.2) is 63.7 Å². The Balaban J connectivity index is 1.43. The smallest absolute Gasteiger partial charge is 0.366 e. The van der Waals surface area contributed by atoms with E-state index in [0.717, 1.165) is 10.9 Å². The van der Waals surface area contributed by atoms with Gasteiger partial charge in [0.1, 0.15) is 17.9 Å². The molecule has 10 nitrogen and oxygen atoms in total. The molecule has 0 unspecified atom stereocenters. The van der Waals surface area contributed by atoms with E-state index in [1.165, 1.54) is 11.0 Å². The topological polar surface area (TPSA) is 119 Å². The first-order valence-electron chi connectivity index (χ1n) is 10.2. The molecule has 3 aromatic rings. The molecule has 3 N–H and O–H groups in total. The maximum absolute atomic E-state index is 13.2. The molecule has 13 heteroatoms. The molecule has 5 rings (SSSR count). The fourth-order valence-electron chi connectivity index (χ4n) is 4.12. The highest BCUT2D eigenvalue weighted by Crippen LogP contribution is 2.39. The number of carbonyl (C=O) groups is 2. The van der Waals surface area contributed by atoms with Crippen LogP contribution in [0.15, 0.2) is 24.5 Å². The standard InChI is InChI=1S/C20H19F3N8O2/c1-10-6-24-15-12(10)7-25-18(28-15)29-19(33)31-11-4-5-30(8-11)14-3-2-13(27-16(14)31)17(32)26-9-20(21,22)23/h2-3,6-7,11H,4-5,8-9H2,1H3,(H,26,32)(H2,24,25,28,29,33)/t11-/m0/s1. The van der Waals surface area contributed by atoms with Gasteiger partial charge in [0, 0.05) is 30.9 Å². The summed E-state index contributed by atoms with van der Waals surface area (Å²) in [6.07, 6.45) is -0.477. The third kappa shape index (κ3) is 3.90. The maximum atomic E-state index is 13.2. The number of nitrogens with one attached hydrogen (secondary N) is 3. The summed E-state index contributed by atoms with van der Waals surface area (Å²) < 4.78 is 37.4. The molecule has 5 heterocycles. The van der Waals surface area contributed by atoms with Crippen LogP contribution in [0, 0.1) is 6.92 Å². The molecule has 2 bridgehead atoms. The number of aryl methyl sites for hydroxylation is 1. The van der Waals surface area contributed by atoms with Gasteiger partial charge in [-0.2, -0.15) is 18.2 Å². The lowest BCUT2D eigenvalue weighted by molar-refractivity contribution is -0.123. The van der Waals surface area contributed by atoms with Crippen LogP contribution in [0.4, 0.5) is 35.4 Å². The van der Waals surface area contributed by atoms with Crippen molar-refractivity contribution in [2.75, 3.05) is 34.8 Å². The molecule has 2 aliphatic rings. The zero-order valence-electron chi connectivity index (χ0n) is 17.4. The number of urea groups is 1. The number of aromatic amines is 1. The van der Waals surface area contributed by atoms with Gasteiger partial charge >= 0.3 is 12.2 Å². The largest absolute Gasteiger partial charge is 0.405 e. The van der Waals surface area contributed by atoms with E-state index >= 15 is 0 Å². The second-order valence-corrected chi connectivity index (χ2v) is 7.95. The molecule has 0 aromatic carbocycles. The van der Waals surface area contributed by atoms with Crippen LogP contribution >= 0.6 is 0 Å². The molecule has 1 atom stereocenters. The molecule has 3 amide bonds. The van der Waals surface area contributed by atoms with Crippen molar-refractivity contribution in [3.63, 3.8) is 0 Å². The van der Waals surface area contributed by atoms with E-state index in [9.17, 15) is 22.8 Å². The van der Waals surface area contributed by atoms with Crippen LogP contribution in [-0.2, 0) is 0 Å². The summed E-state index contributed by atoms with van der Waals surface area (Å²) in [5.74, 6) is -0.674. The number of fused-ring (bicyclic) bond motifs is 5. The molecule has 0 spiro atoms. The molecule has 1 fully saturated rings. The average Bonchev–Trinajstić information content (AvgIpc) is 3.35. The van der Waals surface area contributed by atoms with Gasteiger partial charge in [0.25, 0.3) is 5.91 Å².